The summed E-state index contributed by atoms with van der Waals surface area (Å²) in [5.41, 5.74) is 0.204. The molecule has 0 saturated carbocycles. The maximum absolute atomic E-state index is 4.69. The van der Waals surface area contributed by atoms with Crippen LogP contribution in [0.3, 0.4) is 0 Å². The molecule has 0 aromatic carbocycles. The Morgan fingerprint density at radius 2 is 2.15 bits per heavy atom. The summed E-state index contributed by atoms with van der Waals surface area (Å²) >= 11 is 1.55. The van der Waals surface area contributed by atoms with E-state index in [-0.39, 0.29) is 5.54 Å². The first-order valence-corrected chi connectivity index (χ1v) is 8.46. The van der Waals surface area contributed by atoms with Gasteiger partial charge in [-0.3, -0.25) is 0 Å². The van der Waals surface area contributed by atoms with Gasteiger partial charge in [0.1, 0.15) is 5.82 Å². The fourth-order valence-electron chi connectivity index (χ4n) is 2.45. The molecule has 0 spiro atoms. The van der Waals surface area contributed by atoms with Crippen LogP contribution in [0, 0.1) is 5.92 Å². The molecule has 0 bridgehead atoms. The monoisotopic (exact) mass is 296 g/mol. The highest BCUT2D eigenvalue weighted by molar-refractivity contribution is 7.09. The molecule has 2 rings (SSSR count). The standard InChI is InChI=1S/C15H28N4S/c1-11(2)13-17-14(20-18-13)19-8-6-7-12(10-19)9-16-15(3,4)5/h11-12,16H,6-10H2,1-5H3. The molecule has 0 amide bonds. The van der Waals surface area contributed by atoms with Crippen molar-refractivity contribution in [3.8, 4) is 0 Å². The minimum Gasteiger partial charge on any atom is -0.347 e. The third kappa shape index (κ3) is 4.42. The number of aromatic nitrogens is 2. The first kappa shape index (κ1) is 15.7. The molecule has 4 nitrogen and oxygen atoms in total. The molecule has 0 radical (unpaired) electrons. The van der Waals surface area contributed by atoms with E-state index in [1.807, 2.05) is 0 Å². The van der Waals surface area contributed by atoms with Gasteiger partial charge in [0.25, 0.3) is 0 Å². The van der Waals surface area contributed by atoms with E-state index in [9.17, 15) is 0 Å². The highest BCUT2D eigenvalue weighted by atomic mass is 32.1. The zero-order valence-electron chi connectivity index (χ0n) is 13.4. The van der Waals surface area contributed by atoms with Gasteiger partial charge in [-0.25, -0.2) is 4.98 Å². The highest BCUT2D eigenvalue weighted by Gasteiger charge is 2.24. The third-order valence-electron chi connectivity index (χ3n) is 3.66. The van der Waals surface area contributed by atoms with Gasteiger partial charge < -0.3 is 10.2 Å². The molecule has 2 heterocycles. The number of hydrogen-bond donors (Lipinski definition) is 1. The Hall–Kier alpha value is -0.680. The van der Waals surface area contributed by atoms with E-state index in [0.29, 0.717) is 5.92 Å². The Kier molecular flexibility index (Phi) is 5.02. The van der Waals surface area contributed by atoms with Crippen LogP contribution in [0.1, 0.15) is 59.2 Å². The fraction of sp³-hybridized carbons (Fsp3) is 0.867. The minimum atomic E-state index is 0.204. The molecule has 5 heteroatoms. The predicted octanol–water partition coefficient (Wildman–Crippen LogP) is 3.27. The Morgan fingerprint density at radius 3 is 2.75 bits per heavy atom. The van der Waals surface area contributed by atoms with Crippen LogP contribution in [0.2, 0.25) is 0 Å². The summed E-state index contributed by atoms with van der Waals surface area (Å²) in [6.45, 7) is 14.3. The number of nitrogens with zero attached hydrogens (tertiary/aromatic N) is 3. The van der Waals surface area contributed by atoms with Gasteiger partial charge in [-0.15, -0.1) is 0 Å². The summed E-state index contributed by atoms with van der Waals surface area (Å²) in [5, 5.41) is 4.73. The quantitative estimate of drug-likeness (QED) is 0.926. The van der Waals surface area contributed by atoms with Crippen LogP contribution >= 0.6 is 11.5 Å². The van der Waals surface area contributed by atoms with Crippen molar-refractivity contribution in [3.05, 3.63) is 5.82 Å². The summed E-state index contributed by atoms with van der Waals surface area (Å²) in [7, 11) is 0. The smallest absolute Gasteiger partial charge is 0.205 e. The molecule has 0 aliphatic carbocycles. The molecule has 1 unspecified atom stereocenters. The van der Waals surface area contributed by atoms with Crippen molar-refractivity contribution in [1.29, 1.82) is 0 Å². The molecular formula is C15H28N4S. The lowest BCUT2D eigenvalue weighted by Gasteiger charge is -2.34. The molecule has 114 valence electrons. The Morgan fingerprint density at radius 1 is 1.40 bits per heavy atom. The number of nitrogens with one attached hydrogen (secondary N) is 1. The lowest BCUT2D eigenvalue weighted by atomic mass is 9.97. The minimum absolute atomic E-state index is 0.204. The molecular weight excluding hydrogens is 268 g/mol. The van der Waals surface area contributed by atoms with Crippen molar-refractivity contribution >= 4 is 16.7 Å². The number of hydrogen-bond acceptors (Lipinski definition) is 5. The van der Waals surface area contributed by atoms with Crippen molar-refractivity contribution in [2.24, 2.45) is 5.92 Å². The Balaban J connectivity index is 1.92. The highest BCUT2D eigenvalue weighted by Crippen LogP contribution is 2.26. The van der Waals surface area contributed by atoms with E-state index in [4.69, 9.17) is 0 Å². The second-order valence-electron chi connectivity index (χ2n) is 7.18. The SMILES string of the molecule is CC(C)c1nsc(N2CCCC(CNC(C)(C)C)C2)n1. The maximum Gasteiger partial charge on any atom is 0.205 e. The Labute approximate surface area is 127 Å². The second-order valence-corrected chi connectivity index (χ2v) is 7.91. The van der Waals surface area contributed by atoms with Gasteiger partial charge in [-0.2, -0.15) is 4.37 Å². The first-order chi connectivity index (χ1) is 9.35. The lowest BCUT2D eigenvalue weighted by Crippen LogP contribution is -2.44. The summed E-state index contributed by atoms with van der Waals surface area (Å²) < 4.78 is 4.47. The summed E-state index contributed by atoms with van der Waals surface area (Å²) in [5.74, 6) is 2.12. The molecule has 1 saturated heterocycles. The van der Waals surface area contributed by atoms with Crippen molar-refractivity contribution in [2.45, 2.75) is 58.9 Å². The predicted molar refractivity (Wildman–Crippen MR) is 86.7 cm³/mol. The van der Waals surface area contributed by atoms with Crippen LogP contribution in [-0.2, 0) is 0 Å². The molecule has 1 N–H and O–H groups in total. The largest absolute Gasteiger partial charge is 0.347 e. The normalized spacial score (nSPS) is 20.7. The zero-order valence-corrected chi connectivity index (χ0v) is 14.3. The van der Waals surface area contributed by atoms with E-state index in [2.05, 4.69) is 54.2 Å². The summed E-state index contributed by atoms with van der Waals surface area (Å²) in [4.78, 5) is 7.11. The number of anilines is 1. The van der Waals surface area contributed by atoms with Crippen LogP contribution in [-0.4, -0.2) is 34.5 Å². The molecule has 1 aliphatic rings. The third-order valence-corrected chi connectivity index (χ3v) is 4.45. The van der Waals surface area contributed by atoms with E-state index in [1.54, 1.807) is 11.5 Å². The molecule has 1 aliphatic heterocycles. The van der Waals surface area contributed by atoms with Crippen LogP contribution in [0.4, 0.5) is 5.13 Å². The van der Waals surface area contributed by atoms with Gasteiger partial charge in [-0.05, 0) is 39.5 Å². The maximum atomic E-state index is 4.69. The van der Waals surface area contributed by atoms with Crippen molar-refractivity contribution in [3.63, 3.8) is 0 Å². The number of piperidine rings is 1. The van der Waals surface area contributed by atoms with Crippen LogP contribution < -0.4 is 10.2 Å². The molecule has 1 aromatic heterocycles. The molecule has 1 atom stereocenters. The van der Waals surface area contributed by atoms with Crippen LogP contribution in [0.15, 0.2) is 0 Å². The van der Waals surface area contributed by atoms with Crippen LogP contribution in [0.5, 0.6) is 0 Å². The molecule has 20 heavy (non-hydrogen) atoms. The lowest BCUT2D eigenvalue weighted by molar-refractivity contribution is 0.335. The van der Waals surface area contributed by atoms with Crippen molar-refractivity contribution in [1.82, 2.24) is 14.7 Å². The van der Waals surface area contributed by atoms with Gasteiger partial charge in [0.2, 0.25) is 5.13 Å². The second kappa shape index (κ2) is 6.39. The van der Waals surface area contributed by atoms with Crippen molar-refractivity contribution in [2.75, 3.05) is 24.5 Å². The zero-order chi connectivity index (χ0) is 14.8. The Bertz CT molecular complexity index is 422. The molecule has 1 aromatic rings. The summed E-state index contributed by atoms with van der Waals surface area (Å²) in [6.07, 6.45) is 2.57. The van der Waals surface area contributed by atoms with Gasteiger partial charge in [0.05, 0.1) is 0 Å². The van der Waals surface area contributed by atoms with Crippen LogP contribution in [0.25, 0.3) is 0 Å². The summed E-state index contributed by atoms with van der Waals surface area (Å²) in [6, 6.07) is 0. The van der Waals surface area contributed by atoms with Gasteiger partial charge in [0, 0.05) is 42.6 Å². The van der Waals surface area contributed by atoms with Gasteiger partial charge >= 0.3 is 0 Å². The van der Waals surface area contributed by atoms with E-state index < -0.39 is 0 Å². The van der Waals surface area contributed by atoms with Gasteiger partial charge in [-0.1, -0.05) is 13.8 Å². The fourth-order valence-corrected chi connectivity index (χ4v) is 3.29. The van der Waals surface area contributed by atoms with E-state index >= 15 is 0 Å². The average Bonchev–Trinajstić information content (AvgIpc) is 2.86. The first-order valence-electron chi connectivity index (χ1n) is 7.69. The average molecular weight is 296 g/mol. The van der Waals surface area contributed by atoms with Crippen molar-refractivity contribution < 1.29 is 0 Å². The number of rotatable bonds is 4. The van der Waals surface area contributed by atoms with Gasteiger partial charge in [0.15, 0.2) is 0 Å². The topological polar surface area (TPSA) is 41.1 Å². The van der Waals surface area contributed by atoms with E-state index in [1.165, 1.54) is 12.8 Å². The van der Waals surface area contributed by atoms with E-state index in [0.717, 1.165) is 36.5 Å². The molecule has 1 fully saturated rings.